The summed E-state index contributed by atoms with van der Waals surface area (Å²) in [6.45, 7) is 0.180. The van der Waals surface area contributed by atoms with Crippen molar-refractivity contribution in [2.45, 2.75) is 44.2 Å². The van der Waals surface area contributed by atoms with E-state index < -0.39 is 11.9 Å². The van der Waals surface area contributed by atoms with Gasteiger partial charge in [0.05, 0.1) is 11.3 Å². The maximum Gasteiger partial charge on any atom is 0.255 e. The second kappa shape index (κ2) is 9.08. The van der Waals surface area contributed by atoms with Crippen molar-refractivity contribution in [3.05, 3.63) is 75.9 Å². The lowest BCUT2D eigenvalue weighted by Gasteiger charge is -2.29. The second-order valence-electron chi connectivity index (χ2n) is 9.53. The van der Waals surface area contributed by atoms with Crippen molar-refractivity contribution in [2.24, 2.45) is 4.99 Å². The Bertz CT molecular complexity index is 1550. The van der Waals surface area contributed by atoms with E-state index in [1.807, 2.05) is 29.6 Å². The van der Waals surface area contributed by atoms with E-state index >= 15 is 0 Å². The number of piperidine rings is 1. The van der Waals surface area contributed by atoms with Crippen LogP contribution in [0.3, 0.4) is 0 Å². The molecular weight excluding hydrogens is 490 g/mol. The number of nitrogens with zero attached hydrogens (tertiary/aromatic N) is 2. The molecule has 6 rings (SSSR count). The van der Waals surface area contributed by atoms with E-state index in [-0.39, 0.29) is 60.7 Å². The summed E-state index contributed by atoms with van der Waals surface area (Å²) in [6.07, 6.45) is 2.46. The molecule has 3 heterocycles. The number of thiophene rings is 1. The zero-order chi connectivity index (χ0) is 25.7. The first kappa shape index (κ1) is 23.3. The number of fused-ring (bicyclic) bond motifs is 2. The van der Waals surface area contributed by atoms with E-state index in [4.69, 9.17) is 0 Å². The molecule has 2 aliphatic heterocycles. The average molecular weight is 514 g/mol. The summed E-state index contributed by atoms with van der Waals surface area (Å²) in [5.74, 6) is -1.38. The first-order valence-corrected chi connectivity index (χ1v) is 13.0. The van der Waals surface area contributed by atoms with Crippen LogP contribution in [0.1, 0.15) is 53.1 Å². The van der Waals surface area contributed by atoms with Crippen molar-refractivity contribution in [1.82, 2.24) is 10.2 Å². The van der Waals surface area contributed by atoms with Crippen LogP contribution < -0.4 is 5.32 Å². The SMILES string of the molecule is O=C1CCC(N2Cc3c(N=CC4=C(O)CC(c5cccc6sccc56)CC4=O)cccc3C2=O)C(=O)N1. The van der Waals surface area contributed by atoms with Gasteiger partial charge in [0, 0.05) is 47.8 Å². The number of hydrogen-bond acceptors (Lipinski definition) is 7. The number of amides is 3. The Morgan fingerprint density at radius 3 is 2.70 bits per heavy atom. The molecule has 1 fully saturated rings. The first-order valence-electron chi connectivity index (χ1n) is 12.1. The Labute approximate surface area is 216 Å². The number of hydrogen-bond donors (Lipinski definition) is 2. The standard InChI is InChI=1S/C28H23N3O5S/c32-23-11-15(16-3-2-6-25-17(16)9-10-37-25)12-24(33)19(23)13-29-21-5-1-4-18-20(21)14-31(28(18)36)22-7-8-26(34)30-27(22)35/h1-6,9-10,13,15,22,32H,7-8,11-12,14H2,(H,30,34,35). The van der Waals surface area contributed by atoms with E-state index in [1.165, 1.54) is 11.1 Å². The Balaban J connectivity index is 1.25. The molecule has 1 aromatic heterocycles. The molecule has 1 aliphatic carbocycles. The van der Waals surface area contributed by atoms with Crippen molar-refractivity contribution < 1.29 is 24.3 Å². The van der Waals surface area contributed by atoms with Gasteiger partial charge in [0.1, 0.15) is 11.8 Å². The molecular formula is C28H23N3O5S. The summed E-state index contributed by atoms with van der Waals surface area (Å²) >= 11 is 1.65. The molecule has 1 saturated heterocycles. The van der Waals surface area contributed by atoms with E-state index in [0.717, 1.165) is 15.6 Å². The number of ketones is 1. The number of benzene rings is 2. The van der Waals surface area contributed by atoms with Gasteiger partial charge in [-0.2, -0.15) is 0 Å². The molecule has 186 valence electrons. The highest BCUT2D eigenvalue weighted by molar-refractivity contribution is 7.17. The lowest BCUT2D eigenvalue weighted by Crippen LogP contribution is -2.52. The Kier molecular flexibility index (Phi) is 5.72. The lowest BCUT2D eigenvalue weighted by molar-refractivity contribution is -0.137. The van der Waals surface area contributed by atoms with Gasteiger partial charge in [-0.1, -0.05) is 18.2 Å². The van der Waals surface area contributed by atoms with E-state index in [1.54, 1.807) is 29.5 Å². The van der Waals surface area contributed by atoms with Gasteiger partial charge in [-0.15, -0.1) is 11.3 Å². The minimum Gasteiger partial charge on any atom is -0.511 e. The van der Waals surface area contributed by atoms with Crippen LogP contribution in [0, 0.1) is 0 Å². The highest BCUT2D eigenvalue weighted by Gasteiger charge is 2.40. The van der Waals surface area contributed by atoms with Crippen LogP contribution in [0.15, 0.2) is 64.2 Å². The minimum atomic E-state index is -0.717. The lowest BCUT2D eigenvalue weighted by atomic mass is 9.82. The number of rotatable bonds is 4. The number of imide groups is 1. The fraction of sp³-hybridized carbons (Fsp3) is 0.250. The van der Waals surface area contributed by atoms with Crippen LogP contribution in [0.2, 0.25) is 0 Å². The van der Waals surface area contributed by atoms with Gasteiger partial charge < -0.3 is 10.0 Å². The van der Waals surface area contributed by atoms with Crippen molar-refractivity contribution in [3.8, 4) is 0 Å². The number of aliphatic hydroxyl groups excluding tert-OH is 1. The molecule has 0 saturated carbocycles. The summed E-state index contributed by atoms with van der Waals surface area (Å²) in [5.41, 5.74) is 2.83. The summed E-state index contributed by atoms with van der Waals surface area (Å²) in [4.78, 5) is 55.9. The Hall–Kier alpha value is -4.11. The van der Waals surface area contributed by atoms with Crippen LogP contribution in [0.25, 0.3) is 10.1 Å². The Morgan fingerprint density at radius 1 is 1.05 bits per heavy atom. The number of nitrogens with one attached hydrogen (secondary N) is 1. The van der Waals surface area contributed by atoms with E-state index in [2.05, 4.69) is 10.3 Å². The molecule has 0 bridgehead atoms. The third-order valence-electron chi connectivity index (χ3n) is 7.34. The summed E-state index contributed by atoms with van der Waals surface area (Å²) < 4.78 is 1.15. The molecule has 2 N–H and O–H groups in total. The molecule has 3 aliphatic rings. The van der Waals surface area contributed by atoms with Gasteiger partial charge in [-0.3, -0.25) is 29.5 Å². The van der Waals surface area contributed by atoms with Gasteiger partial charge in [-0.05, 0) is 52.9 Å². The topological polar surface area (TPSA) is 116 Å². The molecule has 3 aromatic rings. The van der Waals surface area contributed by atoms with Crippen molar-refractivity contribution >= 4 is 56.8 Å². The van der Waals surface area contributed by atoms with Crippen molar-refractivity contribution in [2.75, 3.05) is 0 Å². The number of Topliss-reactive ketones (excluding diaryl/α,β-unsaturated/α-hetero) is 1. The van der Waals surface area contributed by atoms with Crippen LogP contribution in [-0.2, 0) is 20.9 Å². The number of carbonyl (C=O) groups is 4. The van der Waals surface area contributed by atoms with Gasteiger partial charge in [-0.25, -0.2) is 0 Å². The number of aliphatic imine (C=N–C) groups is 1. The van der Waals surface area contributed by atoms with Crippen LogP contribution in [0.4, 0.5) is 5.69 Å². The third-order valence-corrected chi connectivity index (χ3v) is 8.22. The highest BCUT2D eigenvalue weighted by Crippen LogP contribution is 2.38. The second-order valence-corrected chi connectivity index (χ2v) is 10.5. The van der Waals surface area contributed by atoms with Crippen LogP contribution in [-0.4, -0.2) is 45.8 Å². The van der Waals surface area contributed by atoms with Crippen LogP contribution in [0.5, 0.6) is 0 Å². The maximum atomic E-state index is 13.1. The molecule has 0 radical (unpaired) electrons. The van der Waals surface area contributed by atoms with Gasteiger partial charge in [0.15, 0.2) is 5.78 Å². The monoisotopic (exact) mass is 513 g/mol. The van der Waals surface area contributed by atoms with Gasteiger partial charge in [0.2, 0.25) is 11.8 Å². The predicted molar refractivity (Wildman–Crippen MR) is 139 cm³/mol. The van der Waals surface area contributed by atoms with Crippen LogP contribution >= 0.6 is 11.3 Å². The molecule has 2 unspecified atom stereocenters. The maximum absolute atomic E-state index is 13.1. The highest BCUT2D eigenvalue weighted by atomic mass is 32.1. The fourth-order valence-corrected chi connectivity index (χ4v) is 6.30. The molecule has 3 amide bonds. The number of carbonyl (C=O) groups excluding carboxylic acids is 4. The molecule has 37 heavy (non-hydrogen) atoms. The molecule has 2 aromatic carbocycles. The van der Waals surface area contributed by atoms with Crippen molar-refractivity contribution in [3.63, 3.8) is 0 Å². The van der Waals surface area contributed by atoms with Gasteiger partial charge >= 0.3 is 0 Å². The van der Waals surface area contributed by atoms with E-state index in [0.29, 0.717) is 23.2 Å². The average Bonchev–Trinajstić information content (AvgIpc) is 3.48. The Morgan fingerprint density at radius 2 is 1.89 bits per heavy atom. The number of allylic oxidation sites excluding steroid dienone is 2. The largest absolute Gasteiger partial charge is 0.511 e. The summed E-state index contributed by atoms with van der Waals surface area (Å²) in [7, 11) is 0. The minimum absolute atomic E-state index is 0.00561. The zero-order valence-corrected chi connectivity index (χ0v) is 20.6. The molecule has 9 heteroatoms. The number of aliphatic hydroxyl groups is 1. The van der Waals surface area contributed by atoms with Crippen molar-refractivity contribution in [1.29, 1.82) is 0 Å². The third kappa shape index (κ3) is 4.05. The zero-order valence-electron chi connectivity index (χ0n) is 19.8. The summed E-state index contributed by atoms with van der Waals surface area (Å²) in [5, 5.41) is 16.2. The molecule has 8 nitrogen and oxygen atoms in total. The quantitative estimate of drug-likeness (QED) is 0.398. The summed E-state index contributed by atoms with van der Waals surface area (Å²) in [6, 6.07) is 12.5. The van der Waals surface area contributed by atoms with Gasteiger partial charge in [0.25, 0.3) is 5.91 Å². The molecule has 0 spiro atoms. The van der Waals surface area contributed by atoms with E-state index in [9.17, 15) is 24.3 Å². The fourth-order valence-electron chi connectivity index (χ4n) is 5.47. The first-order chi connectivity index (χ1) is 17.9. The predicted octanol–water partition coefficient (Wildman–Crippen LogP) is 4.32. The molecule has 2 atom stereocenters. The normalized spacial score (nSPS) is 22.3. The smallest absolute Gasteiger partial charge is 0.255 e.